The molecule has 0 atom stereocenters. The van der Waals surface area contributed by atoms with E-state index >= 15 is 0 Å². The summed E-state index contributed by atoms with van der Waals surface area (Å²) in [5, 5.41) is 16.4. The SMILES string of the molecule is OCCCOc1nnc(Br)s1. The molecule has 62 valence electrons. The molecule has 0 bridgehead atoms. The van der Waals surface area contributed by atoms with Gasteiger partial charge in [0.2, 0.25) is 0 Å². The Bertz CT molecular complexity index is 218. The van der Waals surface area contributed by atoms with E-state index in [1.807, 2.05) is 0 Å². The van der Waals surface area contributed by atoms with E-state index < -0.39 is 0 Å². The molecule has 0 saturated heterocycles. The van der Waals surface area contributed by atoms with Gasteiger partial charge in [-0.05, 0) is 27.3 Å². The fraction of sp³-hybridized carbons (Fsp3) is 0.600. The molecule has 0 aliphatic carbocycles. The summed E-state index contributed by atoms with van der Waals surface area (Å²) in [6.45, 7) is 0.623. The van der Waals surface area contributed by atoms with E-state index in [0.29, 0.717) is 22.1 Å². The van der Waals surface area contributed by atoms with E-state index in [-0.39, 0.29) is 6.61 Å². The first-order valence-corrected chi connectivity index (χ1v) is 4.66. The molecule has 0 amide bonds. The minimum Gasteiger partial charge on any atom is -0.469 e. The van der Waals surface area contributed by atoms with Gasteiger partial charge in [0.15, 0.2) is 3.92 Å². The molecule has 1 N–H and O–H groups in total. The Kier molecular flexibility index (Phi) is 3.74. The van der Waals surface area contributed by atoms with Crippen molar-refractivity contribution in [3.63, 3.8) is 0 Å². The normalized spacial score (nSPS) is 10.0. The number of hydrogen-bond donors (Lipinski definition) is 1. The topological polar surface area (TPSA) is 55.2 Å². The molecular formula is C5H7BrN2O2S. The van der Waals surface area contributed by atoms with E-state index in [2.05, 4.69) is 26.1 Å². The number of aliphatic hydroxyl groups is 1. The quantitative estimate of drug-likeness (QED) is 0.798. The standard InChI is InChI=1S/C5H7BrN2O2S/c6-4-7-8-5(11-4)10-3-1-2-9/h9H,1-3H2. The van der Waals surface area contributed by atoms with E-state index in [9.17, 15) is 0 Å². The molecule has 0 radical (unpaired) electrons. The van der Waals surface area contributed by atoms with Crippen LogP contribution >= 0.6 is 27.3 Å². The average molecular weight is 239 g/mol. The Hall–Kier alpha value is -0.200. The van der Waals surface area contributed by atoms with E-state index in [1.165, 1.54) is 11.3 Å². The third kappa shape index (κ3) is 3.13. The van der Waals surface area contributed by atoms with Gasteiger partial charge in [-0.25, -0.2) is 0 Å². The molecule has 0 unspecified atom stereocenters. The molecule has 0 aromatic carbocycles. The fourth-order valence-electron chi connectivity index (χ4n) is 0.475. The fourth-order valence-corrected chi connectivity index (χ4v) is 1.42. The van der Waals surface area contributed by atoms with Crippen molar-refractivity contribution in [1.29, 1.82) is 0 Å². The lowest BCUT2D eigenvalue weighted by Crippen LogP contribution is -1.98. The van der Waals surface area contributed by atoms with Gasteiger partial charge in [0.05, 0.1) is 6.61 Å². The van der Waals surface area contributed by atoms with Gasteiger partial charge in [-0.3, -0.25) is 0 Å². The number of rotatable bonds is 4. The van der Waals surface area contributed by atoms with Gasteiger partial charge in [0.1, 0.15) is 0 Å². The Labute approximate surface area is 76.3 Å². The van der Waals surface area contributed by atoms with Crippen LogP contribution in [0.2, 0.25) is 0 Å². The first-order valence-electron chi connectivity index (χ1n) is 3.05. The van der Waals surface area contributed by atoms with Gasteiger partial charge in [-0.2, -0.15) is 0 Å². The zero-order valence-electron chi connectivity index (χ0n) is 5.66. The van der Waals surface area contributed by atoms with Gasteiger partial charge < -0.3 is 9.84 Å². The summed E-state index contributed by atoms with van der Waals surface area (Å²) in [6, 6.07) is 0. The highest BCUT2D eigenvalue weighted by Gasteiger charge is 2.00. The lowest BCUT2D eigenvalue weighted by atomic mass is 10.5. The number of halogens is 1. The number of aliphatic hydroxyl groups excluding tert-OH is 1. The third-order valence-electron chi connectivity index (χ3n) is 0.910. The largest absolute Gasteiger partial charge is 0.469 e. The van der Waals surface area contributed by atoms with Crippen molar-refractivity contribution < 1.29 is 9.84 Å². The van der Waals surface area contributed by atoms with Crippen LogP contribution in [0.25, 0.3) is 0 Å². The van der Waals surface area contributed by atoms with Gasteiger partial charge in [0, 0.05) is 13.0 Å². The maximum Gasteiger partial charge on any atom is 0.294 e. The summed E-state index contributed by atoms with van der Waals surface area (Å²) >= 11 is 4.49. The number of nitrogens with zero attached hydrogens (tertiary/aromatic N) is 2. The van der Waals surface area contributed by atoms with Crippen LogP contribution in [0.5, 0.6) is 5.19 Å². The Morgan fingerprint density at radius 2 is 2.36 bits per heavy atom. The average Bonchev–Trinajstić information content (AvgIpc) is 2.37. The van der Waals surface area contributed by atoms with Gasteiger partial charge in [0.25, 0.3) is 5.19 Å². The molecule has 4 nitrogen and oxygen atoms in total. The molecule has 1 aromatic rings. The van der Waals surface area contributed by atoms with E-state index in [4.69, 9.17) is 9.84 Å². The highest BCUT2D eigenvalue weighted by Crippen LogP contribution is 2.21. The van der Waals surface area contributed by atoms with Gasteiger partial charge >= 0.3 is 0 Å². The molecule has 1 heterocycles. The number of aromatic nitrogens is 2. The van der Waals surface area contributed by atoms with Crippen LogP contribution < -0.4 is 4.74 Å². The summed E-state index contributed by atoms with van der Waals surface area (Å²) in [5.74, 6) is 0. The van der Waals surface area contributed by atoms with Crippen molar-refractivity contribution in [2.75, 3.05) is 13.2 Å². The van der Waals surface area contributed by atoms with Crippen molar-refractivity contribution in [1.82, 2.24) is 10.2 Å². The molecule has 1 aromatic heterocycles. The molecular weight excluding hydrogens is 232 g/mol. The van der Waals surface area contributed by atoms with Crippen LogP contribution in [0.1, 0.15) is 6.42 Å². The maximum atomic E-state index is 8.43. The third-order valence-corrected chi connectivity index (χ3v) is 2.18. The zero-order valence-corrected chi connectivity index (χ0v) is 8.06. The van der Waals surface area contributed by atoms with Crippen molar-refractivity contribution >= 4 is 27.3 Å². The first-order chi connectivity index (χ1) is 5.33. The zero-order chi connectivity index (χ0) is 8.10. The molecule has 1 rings (SSSR count). The van der Waals surface area contributed by atoms with Gasteiger partial charge in [-0.15, -0.1) is 5.10 Å². The molecule has 0 fully saturated rings. The molecule has 6 heteroatoms. The Morgan fingerprint density at radius 3 is 2.91 bits per heavy atom. The second kappa shape index (κ2) is 4.63. The second-order valence-electron chi connectivity index (χ2n) is 1.75. The maximum absolute atomic E-state index is 8.43. The molecule has 0 saturated carbocycles. The van der Waals surface area contributed by atoms with Crippen LogP contribution in [-0.2, 0) is 0 Å². The van der Waals surface area contributed by atoms with Crippen molar-refractivity contribution in [2.45, 2.75) is 6.42 Å². The second-order valence-corrected chi connectivity index (χ2v) is 3.96. The summed E-state index contributed by atoms with van der Waals surface area (Å²) in [6.07, 6.45) is 0.622. The minimum absolute atomic E-state index is 0.139. The highest BCUT2D eigenvalue weighted by molar-refractivity contribution is 9.11. The lowest BCUT2D eigenvalue weighted by Gasteiger charge is -1.96. The minimum atomic E-state index is 0.139. The molecule has 0 aliphatic rings. The summed E-state index contributed by atoms with van der Waals surface area (Å²) in [5.41, 5.74) is 0. The smallest absolute Gasteiger partial charge is 0.294 e. The van der Waals surface area contributed by atoms with Gasteiger partial charge in [-0.1, -0.05) is 5.10 Å². The summed E-state index contributed by atoms with van der Waals surface area (Å²) in [4.78, 5) is 0. The highest BCUT2D eigenvalue weighted by atomic mass is 79.9. The van der Waals surface area contributed by atoms with Crippen LogP contribution in [-0.4, -0.2) is 28.5 Å². The predicted molar refractivity (Wildman–Crippen MR) is 44.8 cm³/mol. The summed E-state index contributed by atoms with van der Waals surface area (Å²) < 4.78 is 5.83. The van der Waals surface area contributed by atoms with Crippen molar-refractivity contribution in [2.24, 2.45) is 0 Å². The van der Waals surface area contributed by atoms with Crippen LogP contribution in [0.3, 0.4) is 0 Å². The Morgan fingerprint density at radius 1 is 1.55 bits per heavy atom. The van der Waals surface area contributed by atoms with Crippen LogP contribution in [0.15, 0.2) is 3.92 Å². The lowest BCUT2D eigenvalue weighted by molar-refractivity contribution is 0.232. The van der Waals surface area contributed by atoms with Crippen molar-refractivity contribution in [3.8, 4) is 5.19 Å². The molecule has 0 aliphatic heterocycles. The number of ether oxygens (including phenoxy) is 1. The Balaban J connectivity index is 2.27. The van der Waals surface area contributed by atoms with E-state index in [1.54, 1.807) is 0 Å². The van der Waals surface area contributed by atoms with E-state index in [0.717, 1.165) is 0 Å². The first kappa shape index (κ1) is 8.89. The molecule has 0 spiro atoms. The summed E-state index contributed by atoms with van der Waals surface area (Å²) in [7, 11) is 0. The van der Waals surface area contributed by atoms with Crippen molar-refractivity contribution in [3.05, 3.63) is 3.92 Å². The van der Waals surface area contributed by atoms with Crippen LogP contribution in [0.4, 0.5) is 0 Å². The van der Waals surface area contributed by atoms with Crippen LogP contribution in [0, 0.1) is 0 Å². The predicted octanol–water partition coefficient (Wildman–Crippen LogP) is 1.06. The molecule has 11 heavy (non-hydrogen) atoms. The monoisotopic (exact) mass is 238 g/mol. The number of hydrogen-bond acceptors (Lipinski definition) is 5.